The minimum Gasteiger partial charge on any atom is -0.411 e. The lowest BCUT2D eigenvalue weighted by molar-refractivity contribution is 0.0797. The lowest BCUT2D eigenvalue weighted by atomic mass is 10.1. The molecule has 1 aromatic heterocycles. The molecule has 2 amide bonds. The van der Waals surface area contributed by atoms with Crippen LogP contribution in [0.5, 0.6) is 0 Å². The number of amides is 2. The van der Waals surface area contributed by atoms with Crippen LogP contribution in [-0.2, 0) is 11.4 Å². The van der Waals surface area contributed by atoms with Crippen molar-refractivity contribution in [3.63, 3.8) is 0 Å². The van der Waals surface area contributed by atoms with Crippen LogP contribution >= 0.6 is 0 Å². The zero-order valence-corrected chi connectivity index (χ0v) is 14.2. The van der Waals surface area contributed by atoms with Gasteiger partial charge in [-0.1, -0.05) is 6.07 Å². The molecule has 1 unspecified atom stereocenters. The lowest BCUT2D eigenvalue weighted by Crippen LogP contribution is -2.40. The molecule has 1 aromatic carbocycles. The van der Waals surface area contributed by atoms with Crippen LogP contribution in [0.2, 0.25) is 0 Å². The van der Waals surface area contributed by atoms with Gasteiger partial charge < -0.3 is 20.0 Å². The summed E-state index contributed by atoms with van der Waals surface area (Å²) in [6.07, 6.45) is 4.79. The Morgan fingerprint density at radius 1 is 1.27 bits per heavy atom. The summed E-state index contributed by atoms with van der Waals surface area (Å²) >= 11 is 0. The molecule has 7 nitrogen and oxygen atoms in total. The van der Waals surface area contributed by atoms with E-state index in [1.807, 2.05) is 28.8 Å². The summed E-state index contributed by atoms with van der Waals surface area (Å²) in [6, 6.07) is 7.42. The third-order valence-corrected chi connectivity index (χ3v) is 5.14. The number of rotatable bonds is 3. The Hall–Kier alpha value is -2.80. The van der Waals surface area contributed by atoms with Crippen molar-refractivity contribution in [1.29, 1.82) is 0 Å². The van der Waals surface area contributed by atoms with Gasteiger partial charge in [-0.05, 0) is 43.5 Å². The number of hydroxylamine groups is 1. The monoisotopic (exact) mass is 352 g/mol. The van der Waals surface area contributed by atoms with Gasteiger partial charge in [0.1, 0.15) is 17.6 Å². The Morgan fingerprint density at radius 3 is 3.00 bits per heavy atom. The van der Waals surface area contributed by atoms with E-state index in [0.29, 0.717) is 23.7 Å². The molecule has 0 bridgehead atoms. The van der Waals surface area contributed by atoms with Crippen molar-refractivity contribution in [2.45, 2.75) is 32.0 Å². The second-order valence-electron chi connectivity index (χ2n) is 7.08. The van der Waals surface area contributed by atoms with Crippen molar-refractivity contribution >= 4 is 22.7 Å². The van der Waals surface area contributed by atoms with Gasteiger partial charge in [0.15, 0.2) is 0 Å². The third-order valence-electron chi connectivity index (χ3n) is 5.14. The Balaban J connectivity index is 1.41. The molecular formula is C19H20N4O3. The fraction of sp³-hybridized carbons (Fsp3) is 0.368. The second kappa shape index (κ2) is 5.88. The molecule has 5 rings (SSSR count). The second-order valence-corrected chi connectivity index (χ2v) is 7.08. The molecule has 0 saturated heterocycles. The van der Waals surface area contributed by atoms with E-state index in [-0.39, 0.29) is 18.0 Å². The molecule has 1 atom stereocenters. The maximum atomic E-state index is 12.6. The Kier molecular flexibility index (Phi) is 3.49. The first-order valence-corrected chi connectivity index (χ1v) is 9.05. The number of carbonyl (C=O) groups excluding carboxylic acids is 2. The number of hydrogen-bond donors (Lipinski definition) is 3. The summed E-state index contributed by atoms with van der Waals surface area (Å²) in [5.74, 6) is 1.20. The summed E-state index contributed by atoms with van der Waals surface area (Å²) in [4.78, 5) is 30.2. The van der Waals surface area contributed by atoms with Gasteiger partial charge in [-0.15, -0.1) is 5.48 Å². The van der Waals surface area contributed by atoms with E-state index >= 15 is 0 Å². The zero-order valence-electron chi connectivity index (χ0n) is 14.2. The molecule has 2 aromatic rings. The Bertz CT molecular complexity index is 942. The van der Waals surface area contributed by atoms with Crippen LogP contribution in [0.3, 0.4) is 0 Å². The van der Waals surface area contributed by atoms with Crippen molar-refractivity contribution in [2.75, 3.05) is 6.54 Å². The fourth-order valence-electron chi connectivity index (χ4n) is 3.60. The lowest BCUT2D eigenvalue weighted by Gasteiger charge is -2.11. The van der Waals surface area contributed by atoms with Crippen molar-refractivity contribution < 1.29 is 14.4 Å². The van der Waals surface area contributed by atoms with Crippen molar-refractivity contribution in [1.82, 2.24) is 20.7 Å². The fourth-order valence-corrected chi connectivity index (χ4v) is 3.60. The van der Waals surface area contributed by atoms with Crippen LogP contribution in [0.25, 0.3) is 10.9 Å². The molecule has 7 heteroatoms. The molecule has 134 valence electrons. The van der Waals surface area contributed by atoms with E-state index in [4.69, 9.17) is 4.84 Å². The molecule has 3 heterocycles. The van der Waals surface area contributed by atoms with Crippen molar-refractivity contribution in [2.24, 2.45) is 5.92 Å². The predicted octanol–water partition coefficient (Wildman–Crippen LogP) is 1.66. The van der Waals surface area contributed by atoms with Gasteiger partial charge in [-0.3, -0.25) is 9.59 Å². The number of allylic oxidation sites excluding steroid dienone is 1. The first-order chi connectivity index (χ1) is 12.7. The number of aromatic nitrogens is 1. The molecule has 1 fully saturated rings. The van der Waals surface area contributed by atoms with Gasteiger partial charge >= 0.3 is 0 Å². The molecule has 1 aliphatic carbocycles. The van der Waals surface area contributed by atoms with E-state index in [1.54, 1.807) is 6.07 Å². The number of hydrogen-bond acceptors (Lipinski definition) is 4. The molecule has 2 aliphatic heterocycles. The highest BCUT2D eigenvalue weighted by Gasteiger charge is 2.32. The molecule has 1 saturated carbocycles. The van der Waals surface area contributed by atoms with Crippen LogP contribution < -0.4 is 16.1 Å². The summed E-state index contributed by atoms with van der Waals surface area (Å²) < 4.78 is 2.00. The van der Waals surface area contributed by atoms with Gasteiger partial charge in [0.25, 0.3) is 11.8 Å². The van der Waals surface area contributed by atoms with Gasteiger partial charge in [-0.2, -0.15) is 0 Å². The summed E-state index contributed by atoms with van der Waals surface area (Å²) in [7, 11) is 0. The van der Waals surface area contributed by atoms with Gasteiger partial charge in [-0.25, -0.2) is 0 Å². The highest BCUT2D eigenvalue weighted by molar-refractivity contribution is 6.02. The number of benzene rings is 1. The van der Waals surface area contributed by atoms with Crippen molar-refractivity contribution in [3.05, 3.63) is 47.4 Å². The number of carbonyl (C=O) groups is 2. The average molecular weight is 352 g/mol. The number of aryl methyl sites for hydroxylation is 1. The minimum absolute atomic E-state index is 0.0604. The van der Waals surface area contributed by atoms with E-state index in [1.165, 1.54) is 0 Å². The van der Waals surface area contributed by atoms with Gasteiger partial charge in [0.05, 0.1) is 0 Å². The minimum atomic E-state index is -0.316. The van der Waals surface area contributed by atoms with Crippen LogP contribution in [0.1, 0.15) is 40.1 Å². The van der Waals surface area contributed by atoms with Gasteiger partial charge in [0.2, 0.25) is 0 Å². The predicted molar refractivity (Wildman–Crippen MR) is 95.2 cm³/mol. The first kappa shape index (κ1) is 15.5. The van der Waals surface area contributed by atoms with E-state index < -0.39 is 0 Å². The summed E-state index contributed by atoms with van der Waals surface area (Å²) in [6.45, 7) is 1.43. The SMILES string of the molecule is O=C(NC1C=C(C2CC2)ON1)c1ccc2cc3n(c2c1)CCCNC3=O. The Morgan fingerprint density at radius 2 is 2.15 bits per heavy atom. The van der Waals surface area contributed by atoms with E-state index in [2.05, 4.69) is 16.1 Å². The first-order valence-electron chi connectivity index (χ1n) is 9.05. The largest absolute Gasteiger partial charge is 0.411 e. The molecule has 0 spiro atoms. The normalized spacial score (nSPS) is 22.2. The van der Waals surface area contributed by atoms with Crippen molar-refractivity contribution in [3.8, 4) is 0 Å². The highest BCUT2D eigenvalue weighted by Crippen LogP contribution is 2.38. The van der Waals surface area contributed by atoms with E-state index in [9.17, 15) is 9.59 Å². The molecule has 26 heavy (non-hydrogen) atoms. The Labute approximate surface area is 150 Å². The van der Waals surface area contributed by atoms with Crippen LogP contribution in [-0.4, -0.2) is 29.1 Å². The number of fused-ring (bicyclic) bond motifs is 3. The molecule has 0 radical (unpaired) electrons. The van der Waals surface area contributed by atoms with Crippen LogP contribution in [0.15, 0.2) is 36.1 Å². The molecular weight excluding hydrogens is 332 g/mol. The highest BCUT2D eigenvalue weighted by atomic mass is 16.7. The summed E-state index contributed by atoms with van der Waals surface area (Å²) in [5.41, 5.74) is 4.97. The topological polar surface area (TPSA) is 84.4 Å². The maximum Gasteiger partial charge on any atom is 0.267 e. The number of nitrogens with one attached hydrogen (secondary N) is 3. The maximum absolute atomic E-state index is 12.6. The third kappa shape index (κ3) is 2.64. The number of nitrogens with zero attached hydrogens (tertiary/aromatic N) is 1. The van der Waals surface area contributed by atoms with E-state index in [0.717, 1.165) is 42.5 Å². The molecule has 3 aliphatic rings. The van der Waals surface area contributed by atoms with Crippen LogP contribution in [0.4, 0.5) is 0 Å². The van der Waals surface area contributed by atoms with Crippen LogP contribution in [0, 0.1) is 5.92 Å². The standard InChI is InChI=1S/C19H20N4O3/c24-18(21-17-10-16(26-22-17)11-2-3-11)13-5-4-12-8-15-19(25)20-6-1-7-23(15)14(12)9-13/h4-5,8-11,17,22H,1-3,6-7H2,(H,20,25)(H,21,24). The smallest absolute Gasteiger partial charge is 0.267 e. The molecule has 3 N–H and O–H groups in total. The average Bonchev–Trinajstić information content (AvgIpc) is 3.33. The zero-order chi connectivity index (χ0) is 17.7. The quantitative estimate of drug-likeness (QED) is 0.784. The summed E-state index contributed by atoms with van der Waals surface area (Å²) in [5, 5.41) is 6.79. The van der Waals surface area contributed by atoms with Gasteiger partial charge in [0, 0.05) is 35.5 Å².